The fourth-order valence-corrected chi connectivity index (χ4v) is 3.60. The molecule has 0 saturated carbocycles. The molecule has 0 heterocycles. The summed E-state index contributed by atoms with van der Waals surface area (Å²) in [7, 11) is 0. The molecule has 1 aromatic carbocycles. The monoisotopic (exact) mass is 487 g/mol. The number of carbonyl (C=O) groups excluding carboxylic acids is 3. The number of hydrogen-bond donors (Lipinski definition) is 2. The van der Waals surface area contributed by atoms with Crippen LogP contribution in [0.15, 0.2) is 30.9 Å². The van der Waals surface area contributed by atoms with Crippen LogP contribution in [0.3, 0.4) is 0 Å². The molecule has 0 fully saturated rings. The van der Waals surface area contributed by atoms with Crippen LogP contribution in [-0.4, -0.2) is 46.5 Å². The minimum Gasteiger partial charge on any atom is -0.444 e. The van der Waals surface area contributed by atoms with Crippen molar-refractivity contribution in [2.24, 2.45) is 5.92 Å². The number of alkyl carbamates (subject to hydrolysis) is 1. The average molecular weight is 488 g/mol. The van der Waals surface area contributed by atoms with Gasteiger partial charge in [-0.2, -0.15) is 0 Å². The predicted molar refractivity (Wildman–Crippen MR) is 141 cm³/mol. The lowest BCUT2D eigenvalue weighted by molar-refractivity contribution is -0.143. The number of nitrogens with zero attached hydrogens (tertiary/aromatic N) is 1. The number of carbonyl (C=O) groups is 3. The molecular weight excluding hydrogens is 442 g/mol. The van der Waals surface area contributed by atoms with Gasteiger partial charge in [0.25, 0.3) is 0 Å². The molecule has 0 aromatic heterocycles. The van der Waals surface area contributed by atoms with Crippen LogP contribution in [0.4, 0.5) is 4.79 Å². The maximum atomic E-state index is 14.0. The molecule has 7 heteroatoms. The summed E-state index contributed by atoms with van der Waals surface area (Å²) in [5, 5.41) is 5.78. The van der Waals surface area contributed by atoms with Gasteiger partial charge in [-0.25, -0.2) is 4.79 Å². The SMILES string of the molecule is C=CCN(C(=O)C(NC(=O)OC(C)(C)C)C(C)CC)C(C(=O)NC(C)(C)C)c1ccc(C)c(C)c1. The van der Waals surface area contributed by atoms with Crippen LogP contribution in [0.1, 0.15) is 84.5 Å². The maximum absolute atomic E-state index is 14.0. The van der Waals surface area contributed by atoms with Crippen molar-refractivity contribution >= 4 is 17.9 Å². The molecular formula is C28H45N3O4. The van der Waals surface area contributed by atoms with Crippen molar-refractivity contribution in [2.45, 2.75) is 98.9 Å². The molecule has 3 amide bonds. The summed E-state index contributed by atoms with van der Waals surface area (Å²) in [5.41, 5.74) is 1.61. The molecule has 7 nitrogen and oxygen atoms in total. The lowest BCUT2D eigenvalue weighted by atomic mass is 9.94. The Balaban J connectivity index is 3.55. The first-order chi connectivity index (χ1) is 16.0. The van der Waals surface area contributed by atoms with Crippen LogP contribution in [0, 0.1) is 19.8 Å². The van der Waals surface area contributed by atoms with Crippen molar-refractivity contribution in [1.82, 2.24) is 15.5 Å². The predicted octanol–water partition coefficient (Wildman–Crippen LogP) is 5.21. The van der Waals surface area contributed by atoms with E-state index in [-0.39, 0.29) is 24.3 Å². The normalized spacial score (nSPS) is 14.3. The van der Waals surface area contributed by atoms with Gasteiger partial charge in [-0.1, -0.05) is 44.5 Å². The van der Waals surface area contributed by atoms with E-state index in [1.807, 2.05) is 66.7 Å². The van der Waals surface area contributed by atoms with Gasteiger partial charge in [-0.3, -0.25) is 9.59 Å². The number of benzene rings is 1. The van der Waals surface area contributed by atoms with E-state index < -0.39 is 29.3 Å². The number of aryl methyl sites for hydroxylation is 2. The Labute approximate surface area is 211 Å². The van der Waals surface area contributed by atoms with Crippen molar-refractivity contribution in [1.29, 1.82) is 0 Å². The second-order valence-electron chi connectivity index (χ2n) is 11.3. The zero-order chi connectivity index (χ0) is 27.1. The Kier molecular flexibility index (Phi) is 10.6. The third-order valence-corrected chi connectivity index (χ3v) is 5.67. The molecule has 0 saturated heterocycles. The summed E-state index contributed by atoms with van der Waals surface area (Å²) >= 11 is 0. The van der Waals surface area contributed by atoms with Crippen molar-refractivity contribution in [3.8, 4) is 0 Å². The highest BCUT2D eigenvalue weighted by Crippen LogP contribution is 2.27. The van der Waals surface area contributed by atoms with Crippen molar-refractivity contribution < 1.29 is 19.1 Å². The van der Waals surface area contributed by atoms with Crippen molar-refractivity contribution in [2.75, 3.05) is 6.54 Å². The highest BCUT2D eigenvalue weighted by Gasteiger charge is 2.38. The minimum atomic E-state index is -0.897. The lowest BCUT2D eigenvalue weighted by Crippen LogP contribution is -2.56. The van der Waals surface area contributed by atoms with E-state index in [1.54, 1.807) is 26.8 Å². The molecule has 1 aromatic rings. The van der Waals surface area contributed by atoms with Crippen molar-refractivity contribution in [3.63, 3.8) is 0 Å². The molecule has 0 spiro atoms. The molecule has 3 unspecified atom stereocenters. The molecule has 0 aliphatic rings. The smallest absolute Gasteiger partial charge is 0.408 e. The lowest BCUT2D eigenvalue weighted by Gasteiger charge is -2.36. The molecule has 0 radical (unpaired) electrons. The van der Waals surface area contributed by atoms with E-state index in [1.165, 1.54) is 4.90 Å². The third-order valence-electron chi connectivity index (χ3n) is 5.67. The van der Waals surface area contributed by atoms with Gasteiger partial charge >= 0.3 is 6.09 Å². The average Bonchev–Trinajstić information content (AvgIpc) is 2.70. The topological polar surface area (TPSA) is 87.7 Å². The molecule has 3 atom stereocenters. The molecule has 1 rings (SSSR count). The fourth-order valence-electron chi connectivity index (χ4n) is 3.60. The van der Waals surface area contributed by atoms with Crippen LogP contribution in [-0.2, 0) is 14.3 Å². The first-order valence-electron chi connectivity index (χ1n) is 12.3. The van der Waals surface area contributed by atoms with E-state index in [4.69, 9.17) is 4.74 Å². The number of rotatable bonds is 9. The van der Waals surface area contributed by atoms with E-state index in [9.17, 15) is 14.4 Å². The molecule has 0 aliphatic heterocycles. The number of nitrogens with one attached hydrogen (secondary N) is 2. The molecule has 2 N–H and O–H groups in total. The Bertz CT molecular complexity index is 912. The molecule has 35 heavy (non-hydrogen) atoms. The largest absolute Gasteiger partial charge is 0.444 e. The summed E-state index contributed by atoms with van der Waals surface area (Å²) in [6, 6.07) is 3.99. The van der Waals surface area contributed by atoms with Gasteiger partial charge in [0.2, 0.25) is 11.8 Å². The van der Waals surface area contributed by atoms with Crippen molar-refractivity contribution in [3.05, 3.63) is 47.5 Å². The minimum absolute atomic E-state index is 0.136. The third kappa shape index (κ3) is 9.38. The van der Waals surface area contributed by atoms with Gasteiger partial charge in [0.05, 0.1) is 0 Å². The molecule has 0 bridgehead atoms. The Morgan fingerprint density at radius 1 is 1.09 bits per heavy atom. The van der Waals surface area contributed by atoms with Crippen LogP contribution < -0.4 is 10.6 Å². The van der Waals surface area contributed by atoms with Crippen LogP contribution in [0.5, 0.6) is 0 Å². The zero-order valence-electron chi connectivity index (χ0n) is 23.2. The highest BCUT2D eigenvalue weighted by molar-refractivity contribution is 5.92. The first kappa shape index (κ1) is 30.2. The van der Waals surface area contributed by atoms with Gasteiger partial charge in [0.1, 0.15) is 17.7 Å². The summed E-state index contributed by atoms with van der Waals surface area (Å²) in [4.78, 5) is 41.7. The summed E-state index contributed by atoms with van der Waals surface area (Å²) in [6.07, 6.45) is 1.57. The van der Waals surface area contributed by atoms with Crippen LogP contribution in [0.25, 0.3) is 0 Å². The van der Waals surface area contributed by atoms with Gasteiger partial charge in [0.15, 0.2) is 0 Å². The van der Waals surface area contributed by atoms with E-state index >= 15 is 0 Å². The second kappa shape index (κ2) is 12.2. The van der Waals surface area contributed by atoms with Crippen LogP contribution in [0.2, 0.25) is 0 Å². The van der Waals surface area contributed by atoms with E-state index in [0.717, 1.165) is 11.1 Å². The number of amides is 3. The van der Waals surface area contributed by atoms with E-state index in [0.29, 0.717) is 12.0 Å². The summed E-state index contributed by atoms with van der Waals surface area (Å²) in [6.45, 7) is 22.8. The standard InChI is InChI=1S/C28H45N3O4/c1-12-16-31(25(33)22(18(3)13-2)29-26(34)35-28(9,10)11)23(24(32)30-27(6,7)8)21-15-14-19(4)20(5)17-21/h12,14-15,17-18,22-23H,1,13,16H2,2-11H3,(H,29,34)(H,30,32). The highest BCUT2D eigenvalue weighted by atomic mass is 16.6. The zero-order valence-corrected chi connectivity index (χ0v) is 23.2. The second-order valence-corrected chi connectivity index (χ2v) is 11.3. The Morgan fingerprint density at radius 3 is 2.14 bits per heavy atom. The number of hydrogen-bond acceptors (Lipinski definition) is 4. The first-order valence-corrected chi connectivity index (χ1v) is 12.3. The summed E-state index contributed by atoms with van der Waals surface area (Å²) < 4.78 is 5.42. The van der Waals surface area contributed by atoms with Gasteiger partial charge < -0.3 is 20.3 Å². The van der Waals surface area contributed by atoms with Gasteiger partial charge in [-0.05, 0) is 78.0 Å². The Hall–Kier alpha value is -2.83. The van der Waals surface area contributed by atoms with E-state index in [2.05, 4.69) is 17.2 Å². The quantitative estimate of drug-likeness (QED) is 0.468. The molecule has 0 aliphatic carbocycles. The fraction of sp³-hybridized carbons (Fsp3) is 0.607. The van der Waals surface area contributed by atoms with Gasteiger partial charge in [-0.15, -0.1) is 6.58 Å². The summed E-state index contributed by atoms with van der Waals surface area (Å²) in [5.74, 6) is -0.845. The number of ether oxygens (including phenoxy) is 1. The Morgan fingerprint density at radius 2 is 1.69 bits per heavy atom. The maximum Gasteiger partial charge on any atom is 0.408 e. The van der Waals surface area contributed by atoms with Crippen LogP contribution >= 0.6 is 0 Å². The van der Waals surface area contributed by atoms with Gasteiger partial charge in [0, 0.05) is 12.1 Å². The molecule has 196 valence electrons.